The Morgan fingerprint density at radius 2 is 1.73 bits per heavy atom. The van der Waals surface area contributed by atoms with Crippen molar-refractivity contribution in [2.24, 2.45) is 0 Å². The van der Waals surface area contributed by atoms with Crippen molar-refractivity contribution in [3.05, 3.63) is 53.6 Å². The van der Waals surface area contributed by atoms with Gasteiger partial charge in [-0.1, -0.05) is 18.2 Å². The number of benzene rings is 2. The van der Waals surface area contributed by atoms with Crippen molar-refractivity contribution in [1.82, 2.24) is 0 Å². The van der Waals surface area contributed by atoms with Crippen LogP contribution in [0.5, 0.6) is 17.2 Å². The zero-order chi connectivity index (χ0) is 16.1. The first-order chi connectivity index (χ1) is 10.5. The van der Waals surface area contributed by atoms with Gasteiger partial charge in [-0.05, 0) is 41.5 Å². The summed E-state index contributed by atoms with van der Waals surface area (Å²) < 4.78 is 10.0. The minimum absolute atomic E-state index is 0.0456. The van der Waals surface area contributed by atoms with Crippen LogP contribution >= 0.6 is 0 Å². The number of carboxylic acids is 1. The third-order valence-corrected chi connectivity index (χ3v) is 3.15. The Bertz CT molecular complexity index is 701. The number of ether oxygens (including phenoxy) is 2. The van der Waals surface area contributed by atoms with Gasteiger partial charge in [0.2, 0.25) is 0 Å². The first-order valence-corrected chi connectivity index (χ1v) is 6.51. The highest BCUT2D eigenvalue weighted by atomic mass is 16.5. The first kappa shape index (κ1) is 15.4. The van der Waals surface area contributed by atoms with E-state index in [2.05, 4.69) is 0 Å². The summed E-state index contributed by atoms with van der Waals surface area (Å²) in [4.78, 5) is 11.5. The Labute approximate surface area is 128 Å². The molecule has 0 atom stereocenters. The molecular weight excluding hydrogens is 284 g/mol. The summed E-state index contributed by atoms with van der Waals surface area (Å²) >= 11 is 0. The maximum absolute atomic E-state index is 11.5. The van der Waals surface area contributed by atoms with E-state index in [-0.39, 0.29) is 11.3 Å². The van der Waals surface area contributed by atoms with Crippen molar-refractivity contribution < 1.29 is 24.5 Å². The number of rotatable bonds is 5. The van der Waals surface area contributed by atoms with Crippen molar-refractivity contribution in [2.45, 2.75) is 0 Å². The normalized spacial score (nSPS) is 11.1. The summed E-state index contributed by atoms with van der Waals surface area (Å²) in [6.45, 7) is 0. The molecule has 2 N–H and O–H groups in total. The molecule has 0 heterocycles. The van der Waals surface area contributed by atoms with Crippen molar-refractivity contribution in [1.29, 1.82) is 0 Å². The summed E-state index contributed by atoms with van der Waals surface area (Å²) in [7, 11) is 2.99. The number of carbonyl (C=O) groups is 1. The third kappa shape index (κ3) is 3.38. The molecule has 5 heteroatoms. The van der Waals surface area contributed by atoms with E-state index in [1.807, 2.05) is 0 Å². The number of methoxy groups -OCH3 is 2. The van der Waals surface area contributed by atoms with Crippen molar-refractivity contribution >= 4 is 17.6 Å². The molecule has 2 aromatic carbocycles. The fourth-order valence-electron chi connectivity index (χ4n) is 2.00. The fraction of sp³-hybridized carbons (Fsp3) is 0.118. The third-order valence-electron chi connectivity index (χ3n) is 3.15. The van der Waals surface area contributed by atoms with E-state index in [4.69, 9.17) is 9.47 Å². The molecule has 0 amide bonds. The SMILES string of the molecule is COc1ccc(/C(=C/c2ccc(OC)c(O)c2)C(=O)O)cc1. The molecule has 0 unspecified atom stereocenters. The number of phenols is 1. The number of hydrogen-bond donors (Lipinski definition) is 2. The summed E-state index contributed by atoms with van der Waals surface area (Å²) in [6.07, 6.45) is 1.49. The second kappa shape index (κ2) is 6.67. The standard InChI is InChI=1S/C17H16O5/c1-21-13-6-4-12(5-7-13)14(17(19)20)9-11-3-8-16(22-2)15(18)10-11/h3-10,18H,1-2H3,(H,19,20)/b14-9-. The van der Waals surface area contributed by atoms with E-state index < -0.39 is 5.97 Å². The van der Waals surface area contributed by atoms with E-state index in [0.29, 0.717) is 22.6 Å². The van der Waals surface area contributed by atoms with Gasteiger partial charge >= 0.3 is 5.97 Å². The molecule has 114 valence electrons. The Morgan fingerprint density at radius 3 is 2.23 bits per heavy atom. The molecule has 0 aliphatic rings. The average Bonchev–Trinajstić information content (AvgIpc) is 2.52. The predicted molar refractivity (Wildman–Crippen MR) is 83.2 cm³/mol. The number of aliphatic carboxylic acids is 1. The van der Waals surface area contributed by atoms with Crippen LogP contribution in [0.15, 0.2) is 42.5 Å². The Balaban J connectivity index is 2.42. The van der Waals surface area contributed by atoms with Gasteiger partial charge in [0.1, 0.15) is 5.75 Å². The van der Waals surface area contributed by atoms with Gasteiger partial charge in [0, 0.05) is 0 Å². The van der Waals surface area contributed by atoms with Gasteiger partial charge in [0.25, 0.3) is 0 Å². The number of aromatic hydroxyl groups is 1. The second-order valence-electron chi connectivity index (χ2n) is 4.52. The maximum Gasteiger partial charge on any atom is 0.336 e. The van der Waals surface area contributed by atoms with E-state index in [0.717, 1.165) is 0 Å². The number of hydrogen-bond acceptors (Lipinski definition) is 4. The lowest BCUT2D eigenvalue weighted by Gasteiger charge is -2.07. The van der Waals surface area contributed by atoms with Crippen molar-refractivity contribution in [2.75, 3.05) is 14.2 Å². The van der Waals surface area contributed by atoms with Crippen LogP contribution in [-0.2, 0) is 4.79 Å². The minimum Gasteiger partial charge on any atom is -0.504 e. The molecule has 0 aromatic heterocycles. The molecule has 0 aliphatic carbocycles. The second-order valence-corrected chi connectivity index (χ2v) is 4.52. The monoisotopic (exact) mass is 300 g/mol. The summed E-state index contributed by atoms with van der Waals surface area (Å²) in [6, 6.07) is 11.4. The van der Waals surface area contributed by atoms with Gasteiger partial charge in [0.15, 0.2) is 11.5 Å². The Hall–Kier alpha value is -2.95. The highest BCUT2D eigenvalue weighted by Crippen LogP contribution is 2.28. The van der Waals surface area contributed by atoms with Crippen LogP contribution in [0.2, 0.25) is 0 Å². The molecule has 0 saturated carbocycles. The zero-order valence-corrected chi connectivity index (χ0v) is 12.2. The smallest absolute Gasteiger partial charge is 0.336 e. The largest absolute Gasteiger partial charge is 0.504 e. The van der Waals surface area contributed by atoms with Gasteiger partial charge in [0.05, 0.1) is 19.8 Å². The van der Waals surface area contributed by atoms with Crippen LogP contribution < -0.4 is 9.47 Å². The summed E-state index contributed by atoms with van der Waals surface area (Å²) in [5.74, 6) is -0.120. The fourth-order valence-corrected chi connectivity index (χ4v) is 2.00. The predicted octanol–water partition coefficient (Wildman–Crippen LogP) is 3.03. The van der Waals surface area contributed by atoms with Gasteiger partial charge in [-0.3, -0.25) is 0 Å². The van der Waals surface area contributed by atoms with Crippen LogP contribution in [0.3, 0.4) is 0 Å². The lowest BCUT2D eigenvalue weighted by molar-refractivity contribution is -0.130. The van der Waals surface area contributed by atoms with Gasteiger partial charge in [-0.2, -0.15) is 0 Å². The molecule has 0 radical (unpaired) electrons. The quantitative estimate of drug-likeness (QED) is 0.655. The maximum atomic E-state index is 11.5. The van der Waals surface area contributed by atoms with Crippen LogP contribution in [0.25, 0.3) is 11.6 Å². The topological polar surface area (TPSA) is 76.0 Å². The molecule has 0 fully saturated rings. The molecule has 5 nitrogen and oxygen atoms in total. The van der Waals surface area contributed by atoms with Crippen LogP contribution in [0.1, 0.15) is 11.1 Å². The number of carboxylic acid groups (broad SMARTS) is 1. The molecule has 2 aromatic rings. The van der Waals surface area contributed by atoms with E-state index in [1.165, 1.54) is 19.3 Å². The summed E-state index contributed by atoms with van der Waals surface area (Å²) in [5.41, 5.74) is 1.22. The lowest BCUT2D eigenvalue weighted by atomic mass is 10.0. The molecule has 22 heavy (non-hydrogen) atoms. The Kier molecular flexibility index (Phi) is 4.68. The molecular formula is C17H16O5. The first-order valence-electron chi connectivity index (χ1n) is 6.51. The zero-order valence-electron chi connectivity index (χ0n) is 12.2. The molecule has 0 bridgehead atoms. The lowest BCUT2D eigenvalue weighted by Crippen LogP contribution is -1.99. The van der Waals surface area contributed by atoms with Crippen LogP contribution in [0.4, 0.5) is 0 Å². The number of phenolic OH excluding ortho intramolecular Hbond substituents is 1. The summed E-state index contributed by atoms with van der Waals surface area (Å²) in [5, 5.41) is 19.2. The van der Waals surface area contributed by atoms with Gasteiger partial charge in [-0.25, -0.2) is 4.79 Å². The highest BCUT2D eigenvalue weighted by Gasteiger charge is 2.11. The molecule has 0 saturated heterocycles. The molecule has 2 rings (SSSR count). The molecule has 0 spiro atoms. The van der Waals surface area contributed by atoms with Gasteiger partial charge in [-0.15, -0.1) is 0 Å². The van der Waals surface area contributed by atoms with E-state index >= 15 is 0 Å². The minimum atomic E-state index is -1.06. The van der Waals surface area contributed by atoms with Crippen LogP contribution in [-0.4, -0.2) is 30.4 Å². The van der Waals surface area contributed by atoms with Crippen LogP contribution in [0, 0.1) is 0 Å². The molecule has 0 aliphatic heterocycles. The average molecular weight is 300 g/mol. The van der Waals surface area contributed by atoms with Crippen molar-refractivity contribution in [3.8, 4) is 17.2 Å². The van der Waals surface area contributed by atoms with E-state index in [1.54, 1.807) is 43.5 Å². The van der Waals surface area contributed by atoms with Crippen molar-refractivity contribution in [3.63, 3.8) is 0 Å². The Morgan fingerprint density at radius 1 is 1.05 bits per heavy atom. The highest BCUT2D eigenvalue weighted by molar-refractivity contribution is 6.20. The van der Waals surface area contributed by atoms with E-state index in [9.17, 15) is 15.0 Å². The van der Waals surface area contributed by atoms with Gasteiger partial charge < -0.3 is 19.7 Å².